The Morgan fingerprint density at radius 1 is 1.23 bits per heavy atom. The molecule has 2 aromatic heterocycles. The van der Waals surface area contributed by atoms with E-state index in [4.69, 9.17) is 16.1 Å². The molecule has 0 bridgehead atoms. The van der Waals surface area contributed by atoms with E-state index in [0.717, 1.165) is 11.3 Å². The molecule has 7 nitrogen and oxygen atoms in total. The Kier molecular flexibility index (Phi) is 5.47. The maximum atomic E-state index is 12.7. The maximum Gasteiger partial charge on any atom is 0.252 e. The van der Waals surface area contributed by atoms with Gasteiger partial charge in [0.15, 0.2) is 5.82 Å². The first-order valence-electron chi connectivity index (χ1n) is 8.42. The average Bonchev–Trinajstić information content (AvgIpc) is 3.23. The Hall–Kier alpha value is -1.000. The number of hydrogen-bond donors (Lipinski definition) is 0. The van der Waals surface area contributed by atoms with Gasteiger partial charge in [0.2, 0.25) is 5.89 Å². The number of rotatable bonds is 4. The molecule has 1 aliphatic heterocycles. The van der Waals surface area contributed by atoms with Crippen molar-refractivity contribution >= 4 is 33.0 Å². The van der Waals surface area contributed by atoms with Gasteiger partial charge in [-0.3, -0.25) is 4.90 Å². The van der Waals surface area contributed by atoms with Gasteiger partial charge < -0.3 is 4.52 Å². The molecule has 0 N–H and O–H groups in total. The van der Waals surface area contributed by atoms with Gasteiger partial charge in [0.05, 0.1) is 10.4 Å². The zero-order chi connectivity index (χ0) is 19.1. The third-order valence-electron chi connectivity index (χ3n) is 4.43. The molecule has 1 saturated heterocycles. The van der Waals surface area contributed by atoms with Gasteiger partial charge >= 0.3 is 0 Å². The van der Waals surface area contributed by atoms with E-state index in [0.29, 0.717) is 42.2 Å². The van der Waals surface area contributed by atoms with Gasteiger partial charge in [-0.05, 0) is 19.1 Å². The van der Waals surface area contributed by atoms with Crippen molar-refractivity contribution in [3.05, 3.63) is 28.2 Å². The van der Waals surface area contributed by atoms with Crippen LogP contribution >= 0.6 is 22.9 Å². The van der Waals surface area contributed by atoms with E-state index in [-0.39, 0.29) is 15.7 Å². The first-order chi connectivity index (χ1) is 12.1. The van der Waals surface area contributed by atoms with E-state index in [2.05, 4.69) is 15.0 Å². The van der Waals surface area contributed by atoms with Crippen molar-refractivity contribution in [3.8, 4) is 0 Å². The second-order valence-electron chi connectivity index (χ2n) is 7.38. The van der Waals surface area contributed by atoms with Gasteiger partial charge in [0, 0.05) is 31.6 Å². The Balaban J connectivity index is 1.65. The normalized spacial score (nSPS) is 19.0. The van der Waals surface area contributed by atoms with Crippen molar-refractivity contribution in [1.82, 2.24) is 19.3 Å². The third kappa shape index (κ3) is 3.96. The van der Waals surface area contributed by atoms with Crippen LogP contribution in [0.2, 0.25) is 4.34 Å². The summed E-state index contributed by atoms with van der Waals surface area (Å²) in [5, 5.41) is 4.07. The number of halogens is 1. The van der Waals surface area contributed by atoms with Crippen LogP contribution in [0.15, 0.2) is 20.9 Å². The van der Waals surface area contributed by atoms with Gasteiger partial charge in [-0.2, -0.15) is 9.29 Å². The Morgan fingerprint density at radius 2 is 1.88 bits per heavy atom. The van der Waals surface area contributed by atoms with Crippen LogP contribution < -0.4 is 0 Å². The van der Waals surface area contributed by atoms with Gasteiger partial charge in [0.25, 0.3) is 10.0 Å². The highest BCUT2D eigenvalue weighted by Gasteiger charge is 2.33. The molecule has 1 atom stereocenters. The molecule has 1 fully saturated rings. The van der Waals surface area contributed by atoms with E-state index < -0.39 is 10.0 Å². The minimum atomic E-state index is -3.48. The molecule has 144 valence electrons. The fraction of sp³-hybridized carbons (Fsp3) is 0.625. The fourth-order valence-electron chi connectivity index (χ4n) is 2.76. The zero-order valence-electron chi connectivity index (χ0n) is 15.3. The van der Waals surface area contributed by atoms with Gasteiger partial charge in [-0.15, -0.1) is 11.3 Å². The summed E-state index contributed by atoms with van der Waals surface area (Å²) in [4.78, 5) is 6.67. The lowest BCUT2D eigenvalue weighted by Crippen LogP contribution is -2.49. The number of aromatic nitrogens is 2. The molecule has 0 radical (unpaired) electrons. The lowest BCUT2D eigenvalue weighted by molar-refractivity contribution is 0.124. The SMILES string of the molecule is C[C@@H](c1nc(C(C)(C)C)no1)N1CCN(S(=O)(=O)c2ccc(Cl)s2)CC1. The molecule has 0 unspecified atom stereocenters. The molecule has 2 aromatic rings. The second-order valence-corrected chi connectivity index (χ2v) is 11.3. The van der Waals surface area contributed by atoms with Crippen LogP contribution in [0.1, 0.15) is 45.5 Å². The number of hydrogen-bond acceptors (Lipinski definition) is 7. The second kappa shape index (κ2) is 7.20. The van der Waals surface area contributed by atoms with Gasteiger partial charge in [0.1, 0.15) is 4.21 Å². The smallest absolute Gasteiger partial charge is 0.252 e. The van der Waals surface area contributed by atoms with E-state index in [1.54, 1.807) is 12.1 Å². The Labute approximate surface area is 163 Å². The lowest BCUT2D eigenvalue weighted by atomic mass is 9.96. The van der Waals surface area contributed by atoms with Crippen molar-refractivity contribution in [2.24, 2.45) is 0 Å². The molecule has 26 heavy (non-hydrogen) atoms. The summed E-state index contributed by atoms with van der Waals surface area (Å²) in [5.41, 5.74) is -0.170. The van der Waals surface area contributed by atoms with Crippen LogP contribution in [0.3, 0.4) is 0 Å². The number of nitrogens with zero attached hydrogens (tertiary/aromatic N) is 4. The molecule has 1 aliphatic rings. The molecular formula is C16H23ClN4O3S2. The summed E-state index contributed by atoms with van der Waals surface area (Å²) in [6.45, 7) is 10.2. The summed E-state index contributed by atoms with van der Waals surface area (Å²) < 4.78 is 33.1. The molecule has 0 aliphatic carbocycles. The Bertz CT molecular complexity index is 864. The molecule has 0 saturated carbocycles. The van der Waals surface area contributed by atoms with Crippen LogP contribution in [0.25, 0.3) is 0 Å². The first kappa shape index (κ1) is 19.8. The molecule has 0 spiro atoms. The van der Waals surface area contributed by atoms with E-state index in [1.165, 1.54) is 4.31 Å². The fourth-order valence-corrected chi connectivity index (χ4v) is 5.82. The van der Waals surface area contributed by atoms with Gasteiger partial charge in [-0.1, -0.05) is 37.5 Å². The summed E-state index contributed by atoms with van der Waals surface area (Å²) in [7, 11) is -3.48. The number of sulfonamides is 1. The largest absolute Gasteiger partial charge is 0.338 e. The number of thiophene rings is 1. The van der Waals surface area contributed by atoms with Crippen molar-refractivity contribution < 1.29 is 12.9 Å². The molecule has 0 aromatic carbocycles. The summed E-state index contributed by atoms with van der Waals surface area (Å²) >= 11 is 6.96. The number of piperazine rings is 1. The summed E-state index contributed by atoms with van der Waals surface area (Å²) in [6.07, 6.45) is 0. The Morgan fingerprint density at radius 3 is 2.38 bits per heavy atom. The highest BCUT2D eigenvalue weighted by molar-refractivity contribution is 7.91. The minimum absolute atomic E-state index is 0.0559. The highest BCUT2D eigenvalue weighted by atomic mass is 35.5. The lowest BCUT2D eigenvalue weighted by Gasteiger charge is -2.35. The zero-order valence-corrected chi connectivity index (χ0v) is 17.7. The summed E-state index contributed by atoms with van der Waals surface area (Å²) in [5.74, 6) is 1.24. The predicted octanol–water partition coefficient (Wildman–Crippen LogP) is 3.15. The quantitative estimate of drug-likeness (QED) is 0.758. The van der Waals surface area contributed by atoms with E-state index >= 15 is 0 Å². The maximum absolute atomic E-state index is 12.7. The first-order valence-corrected chi connectivity index (χ1v) is 11.1. The monoisotopic (exact) mass is 418 g/mol. The molecule has 3 rings (SSSR count). The molecule has 0 amide bonds. The van der Waals surface area contributed by atoms with Crippen molar-refractivity contribution in [1.29, 1.82) is 0 Å². The third-order valence-corrected chi connectivity index (χ3v) is 8.03. The standard InChI is InChI=1S/C16H23ClN4O3S2/c1-11(14-18-15(19-24-14)16(2,3)4)20-7-9-21(10-8-20)26(22,23)13-6-5-12(17)25-13/h5-6,11H,7-10H2,1-4H3/t11-/m0/s1. The van der Waals surface area contributed by atoms with Crippen molar-refractivity contribution in [3.63, 3.8) is 0 Å². The van der Waals surface area contributed by atoms with Crippen molar-refractivity contribution in [2.75, 3.05) is 26.2 Å². The van der Waals surface area contributed by atoms with Crippen molar-refractivity contribution in [2.45, 2.75) is 43.4 Å². The van der Waals surface area contributed by atoms with Crippen LogP contribution in [-0.4, -0.2) is 53.9 Å². The minimum Gasteiger partial charge on any atom is -0.338 e. The van der Waals surface area contributed by atoms with Crippen LogP contribution in [0.4, 0.5) is 0 Å². The van der Waals surface area contributed by atoms with Crippen LogP contribution in [-0.2, 0) is 15.4 Å². The molecule has 3 heterocycles. The van der Waals surface area contributed by atoms with E-state index in [1.807, 2.05) is 27.7 Å². The van der Waals surface area contributed by atoms with E-state index in [9.17, 15) is 8.42 Å². The topological polar surface area (TPSA) is 79.5 Å². The summed E-state index contributed by atoms with van der Waals surface area (Å²) in [6, 6.07) is 3.11. The van der Waals surface area contributed by atoms with Crippen LogP contribution in [0.5, 0.6) is 0 Å². The molecular weight excluding hydrogens is 396 g/mol. The van der Waals surface area contributed by atoms with Crippen LogP contribution in [0, 0.1) is 0 Å². The van der Waals surface area contributed by atoms with Gasteiger partial charge in [-0.25, -0.2) is 8.42 Å². The average molecular weight is 419 g/mol. The predicted molar refractivity (Wildman–Crippen MR) is 101 cm³/mol. The highest BCUT2D eigenvalue weighted by Crippen LogP contribution is 2.30. The molecule has 10 heteroatoms.